The zero-order valence-electron chi connectivity index (χ0n) is 18.1. The Labute approximate surface area is 175 Å². The van der Waals surface area contributed by atoms with Crippen molar-refractivity contribution in [2.24, 2.45) is 0 Å². The van der Waals surface area contributed by atoms with Crippen LogP contribution in [0.5, 0.6) is 0 Å². The van der Waals surface area contributed by atoms with E-state index in [0.29, 0.717) is 37.3 Å². The Morgan fingerprint density at radius 2 is 2.00 bits per heavy atom. The lowest BCUT2D eigenvalue weighted by Gasteiger charge is -2.36. The number of likely N-dealkylation sites (tertiary alicyclic amines) is 1. The van der Waals surface area contributed by atoms with Gasteiger partial charge < -0.3 is 10.1 Å². The third-order valence-electron chi connectivity index (χ3n) is 6.36. The lowest BCUT2D eigenvalue weighted by molar-refractivity contribution is 0.0644. The molecule has 0 bridgehead atoms. The van der Waals surface area contributed by atoms with Crippen molar-refractivity contribution in [1.29, 1.82) is 0 Å². The number of nitrogens with one attached hydrogen (secondary N) is 1. The summed E-state index contributed by atoms with van der Waals surface area (Å²) in [5, 5.41) is 23.7. The van der Waals surface area contributed by atoms with Crippen molar-refractivity contribution < 1.29 is 5.11 Å². The molecule has 160 valence electrons. The van der Waals surface area contributed by atoms with Crippen molar-refractivity contribution in [3.05, 3.63) is 51.6 Å². The molecule has 0 saturated carbocycles. The molecule has 3 heterocycles. The van der Waals surface area contributed by atoms with E-state index in [4.69, 9.17) is 0 Å². The number of aliphatic hydroxyl groups excluding tert-OH is 1. The fourth-order valence-electron chi connectivity index (χ4n) is 4.13. The number of aromatic nitrogens is 5. The number of fused-ring (bicyclic) bond motifs is 1. The summed E-state index contributed by atoms with van der Waals surface area (Å²) in [5.74, 6) is 0.663. The first-order valence-electron chi connectivity index (χ1n) is 10.6. The van der Waals surface area contributed by atoms with E-state index in [0.717, 1.165) is 22.9 Å². The topological polar surface area (TPSA) is 99.9 Å². The number of rotatable bonds is 5. The van der Waals surface area contributed by atoms with E-state index in [1.165, 1.54) is 0 Å². The van der Waals surface area contributed by atoms with Crippen molar-refractivity contribution in [3.8, 4) is 0 Å². The molecule has 4 rings (SSSR count). The van der Waals surface area contributed by atoms with Gasteiger partial charge in [0.15, 0.2) is 5.82 Å². The summed E-state index contributed by atoms with van der Waals surface area (Å²) in [5.41, 5.74) is 2.16. The molecule has 1 fully saturated rings. The number of aliphatic hydroxyl groups is 1. The molecule has 1 unspecified atom stereocenters. The van der Waals surface area contributed by atoms with Gasteiger partial charge in [-0.2, -0.15) is 0 Å². The van der Waals surface area contributed by atoms with Crippen LogP contribution in [0.4, 0.5) is 0 Å². The molecule has 0 radical (unpaired) electrons. The zero-order valence-corrected chi connectivity index (χ0v) is 18.1. The van der Waals surface area contributed by atoms with Crippen LogP contribution in [0.15, 0.2) is 29.1 Å². The first kappa shape index (κ1) is 20.7. The van der Waals surface area contributed by atoms with Gasteiger partial charge in [0.1, 0.15) is 6.04 Å². The Balaban J connectivity index is 1.89. The molecule has 8 nitrogen and oxygen atoms in total. The van der Waals surface area contributed by atoms with E-state index >= 15 is 0 Å². The summed E-state index contributed by atoms with van der Waals surface area (Å²) in [7, 11) is 0. The van der Waals surface area contributed by atoms with Crippen LogP contribution in [-0.2, 0) is 5.54 Å². The van der Waals surface area contributed by atoms with Crippen LogP contribution in [0.2, 0.25) is 0 Å². The monoisotopic (exact) mass is 410 g/mol. The Bertz CT molecular complexity index is 1090. The SMILES string of the molecule is CCC(C)(C)n1nnnc1C(c1cc2cc(C)ccc2[nH]c1=O)N1CCC(O)CC1. The maximum Gasteiger partial charge on any atom is 0.253 e. The fourth-order valence-corrected chi connectivity index (χ4v) is 4.13. The van der Waals surface area contributed by atoms with Crippen LogP contribution >= 0.6 is 0 Å². The molecule has 0 spiro atoms. The predicted molar refractivity (Wildman–Crippen MR) is 115 cm³/mol. The van der Waals surface area contributed by atoms with Gasteiger partial charge in [-0.05, 0) is 74.0 Å². The van der Waals surface area contributed by atoms with Crippen molar-refractivity contribution in [2.45, 2.75) is 64.6 Å². The molecule has 3 aromatic rings. The summed E-state index contributed by atoms with van der Waals surface area (Å²) in [4.78, 5) is 18.4. The van der Waals surface area contributed by atoms with E-state index < -0.39 is 0 Å². The standard InChI is InChI=1S/C22H30N6O2/c1-5-22(3,4)28-20(24-25-26-28)19(27-10-8-16(29)9-11-27)17-13-15-12-14(2)6-7-18(15)23-21(17)30/h6-7,12-13,16,19,29H,5,8-11H2,1-4H3,(H,23,30). The van der Waals surface area contributed by atoms with E-state index in [1.54, 1.807) is 0 Å². The molecule has 8 heteroatoms. The van der Waals surface area contributed by atoms with E-state index in [2.05, 4.69) is 52.2 Å². The highest BCUT2D eigenvalue weighted by molar-refractivity contribution is 5.79. The van der Waals surface area contributed by atoms with Crippen LogP contribution < -0.4 is 5.56 Å². The van der Waals surface area contributed by atoms with E-state index in [1.807, 2.05) is 29.8 Å². The Hall–Kier alpha value is -2.58. The average Bonchev–Trinajstić information content (AvgIpc) is 3.21. The summed E-state index contributed by atoms with van der Waals surface area (Å²) < 4.78 is 1.85. The molecule has 1 atom stereocenters. The largest absolute Gasteiger partial charge is 0.393 e. The van der Waals surface area contributed by atoms with Gasteiger partial charge in [0, 0.05) is 24.2 Å². The Kier molecular flexibility index (Phi) is 5.46. The van der Waals surface area contributed by atoms with E-state index in [9.17, 15) is 9.90 Å². The molecule has 2 N–H and O–H groups in total. The second kappa shape index (κ2) is 7.92. The van der Waals surface area contributed by atoms with Crippen LogP contribution in [0.3, 0.4) is 0 Å². The second-order valence-electron chi connectivity index (χ2n) is 8.93. The van der Waals surface area contributed by atoms with Gasteiger partial charge in [-0.3, -0.25) is 9.69 Å². The zero-order chi connectivity index (χ0) is 21.5. The number of H-pyrrole nitrogens is 1. The first-order chi connectivity index (χ1) is 14.3. The number of hydrogen-bond acceptors (Lipinski definition) is 6. The first-order valence-corrected chi connectivity index (χ1v) is 10.6. The van der Waals surface area contributed by atoms with Crippen LogP contribution in [0.25, 0.3) is 10.9 Å². The molecule has 0 aliphatic carbocycles. The van der Waals surface area contributed by atoms with Crippen molar-refractivity contribution in [1.82, 2.24) is 30.1 Å². The summed E-state index contributed by atoms with van der Waals surface area (Å²) in [6.45, 7) is 9.68. The maximum atomic E-state index is 13.2. The molecule has 2 aromatic heterocycles. The van der Waals surface area contributed by atoms with Gasteiger partial charge in [-0.1, -0.05) is 18.6 Å². The molecule has 1 aliphatic rings. The quantitative estimate of drug-likeness (QED) is 0.670. The van der Waals surface area contributed by atoms with Crippen molar-refractivity contribution in [3.63, 3.8) is 0 Å². The van der Waals surface area contributed by atoms with Crippen molar-refractivity contribution >= 4 is 10.9 Å². The van der Waals surface area contributed by atoms with Gasteiger partial charge in [-0.15, -0.1) is 5.10 Å². The number of aromatic amines is 1. The number of nitrogens with zero attached hydrogens (tertiary/aromatic N) is 5. The molecule has 1 aromatic carbocycles. The van der Waals surface area contributed by atoms with Gasteiger partial charge in [0.25, 0.3) is 5.56 Å². The minimum absolute atomic E-state index is 0.133. The minimum Gasteiger partial charge on any atom is -0.393 e. The Morgan fingerprint density at radius 1 is 1.27 bits per heavy atom. The number of aryl methyl sites for hydroxylation is 1. The number of piperidine rings is 1. The molecule has 0 amide bonds. The number of tetrazole rings is 1. The van der Waals surface area contributed by atoms with Gasteiger partial charge >= 0.3 is 0 Å². The number of pyridine rings is 1. The molecule has 1 aliphatic heterocycles. The second-order valence-corrected chi connectivity index (χ2v) is 8.93. The highest BCUT2D eigenvalue weighted by Crippen LogP contribution is 2.32. The van der Waals surface area contributed by atoms with Gasteiger partial charge in [-0.25, -0.2) is 4.68 Å². The van der Waals surface area contributed by atoms with Crippen LogP contribution in [0.1, 0.15) is 63.0 Å². The number of hydrogen-bond donors (Lipinski definition) is 2. The lowest BCUT2D eigenvalue weighted by atomic mass is 9.97. The third kappa shape index (κ3) is 3.77. The molecular weight excluding hydrogens is 380 g/mol. The van der Waals surface area contributed by atoms with E-state index in [-0.39, 0.29) is 23.2 Å². The molecule has 30 heavy (non-hydrogen) atoms. The van der Waals surface area contributed by atoms with Gasteiger partial charge in [0.2, 0.25) is 0 Å². The summed E-state index contributed by atoms with van der Waals surface area (Å²) in [6.07, 6.45) is 1.88. The average molecular weight is 411 g/mol. The van der Waals surface area contributed by atoms with Gasteiger partial charge in [0.05, 0.1) is 11.6 Å². The Morgan fingerprint density at radius 3 is 2.70 bits per heavy atom. The normalized spacial score (nSPS) is 17.5. The smallest absolute Gasteiger partial charge is 0.253 e. The maximum absolute atomic E-state index is 13.2. The molecule has 1 saturated heterocycles. The fraction of sp³-hybridized carbons (Fsp3) is 0.545. The highest BCUT2D eigenvalue weighted by atomic mass is 16.3. The molecular formula is C22H30N6O2. The van der Waals surface area contributed by atoms with Crippen molar-refractivity contribution in [2.75, 3.05) is 13.1 Å². The predicted octanol–water partition coefficient (Wildman–Crippen LogP) is 2.51. The number of benzene rings is 1. The highest BCUT2D eigenvalue weighted by Gasteiger charge is 2.35. The van der Waals surface area contributed by atoms with Crippen LogP contribution in [0, 0.1) is 6.92 Å². The third-order valence-corrected chi connectivity index (χ3v) is 6.36. The lowest BCUT2D eigenvalue weighted by Crippen LogP contribution is -2.43. The summed E-state index contributed by atoms with van der Waals surface area (Å²) >= 11 is 0. The minimum atomic E-state index is -0.382. The summed E-state index contributed by atoms with van der Waals surface area (Å²) in [6, 6.07) is 7.59. The van der Waals surface area contributed by atoms with Crippen LogP contribution in [-0.4, -0.2) is 54.4 Å².